The van der Waals surface area contributed by atoms with Gasteiger partial charge in [0.25, 0.3) is 0 Å². The van der Waals surface area contributed by atoms with E-state index >= 15 is 0 Å². The molecular weight excluding hydrogens is 292 g/mol. The van der Waals surface area contributed by atoms with Gasteiger partial charge in [0.15, 0.2) is 0 Å². The lowest BCUT2D eigenvalue weighted by Crippen LogP contribution is -2.23. The average molecular weight is 311 g/mol. The molecule has 0 aliphatic heterocycles. The monoisotopic (exact) mass is 310 g/mol. The minimum Gasteiger partial charge on any atom is -0.481 e. The fourth-order valence-corrected chi connectivity index (χ4v) is 2.50. The largest absolute Gasteiger partial charge is 0.481 e. The fourth-order valence-electron chi connectivity index (χ4n) is 2.25. The van der Waals surface area contributed by atoms with Gasteiger partial charge >= 0.3 is 0 Å². The molecule has 0 saturated heterocycles. The number of nitrogens with zero attached hydrogens (tertiary/aromatic N) is 3. The summed E-state index contributed by atoms with van der Waals surface area (Å²) in [7, 11) is 5.12. The van der Waals surface area contributed by atoms with Crippen molar-refractivity contribution in [2.45, 2.75) is 12.6 Å². The molecular formula is C14H19ClN4O2. The summed E-state index contributed by atoms with van der Waals surface area (Å²) in [5, 5.41) is 8.15. The summed E-state index contributed by atoms with van der Waals surface area (Å²) < 4.78 is 12.3. The van der Waals surface area contributed by atoms with Crippen molar-refractivity contribution in [1.29, 1.82) is 0 Å². The Kier molecular flexibility index (Phi) is 5.55. The van der Waals surface area contributed by atoms with Crippen molar-refractivity contribution in [2.75, 3.05) is 27.9 Å². The standard InChI is InChI=1S/C14H19ClN4O2/c1-16-12(10-5-4-6-17-14(10)21-3)13-11(15)9-18-19(13)7-8-20-2/h4-6,9,12,16H,7-8H2,1-3H3. The van der Waals surface area contributed by atoms with Crippen LogP contribution in [0.3, 0.4) is 0 Å². The van der Waals surface area contributed by atoms with Crippen LogP contribution in [0, 0.1) is 0 Å². The van der Waals surface area contributed by atoms with Gasteiger partial charge in [-0.15, -0.1) is 0 Å². The predicted molar refractivity (Wildman–Crippen MR) is 80.8 cm³/mol. The van der Waals surface area contributed by atoms with Crippen LogP contribution in [0.1, 0.15) is 17.3 Å². The second-order valence-electron chi connectivity index (χ2n) is 4.42. The molecule has 2 aromatic rings. The Morgan fingerprint density at radius 2 is 2.24 bits per heavy atom. The third-order valence-corrected chi connectivity index (χ3v) is 3.50. The van der Waals surface area contributed by atoms with Crippen molar-refractivity contribution in [1.82, 2.24) is 20.1 Å². The van der Waals surface area contributed by atoms with E-state index < -0.39 is 0 Å². The maximum Gasteiger partial charge on any atom is 0.218 e. The number of pyridine rings is 1. The van der Waals surface area contributed by atoms with Crippen molar-refractivity contribution in [2.24, 2.45) is 0 Å². The molecule has 1 N–H and O–H groups in total. The predicted octanol–water partition coefficient (Wildman–Crippen LogP) is 1.90. The lowest BCUT2D eigenvalue weighted by molar-refractivity contribution is 0.182. The van der Waals surface area contributed by atoms with E-state index in [-0.39, 0.29) is 6.04 Å². The zero-order valence-electron chi connectivity index (χ0n) is 12.3. The van der Waals surface area contributed by atoms with Gasteiger partial charge in [0.05, 0.1) is 43.2 Å². The summed E-state index contributed by atoms with van der Waals surface area (Å²) in [5.41, 5.74) is 1.77. The second kappa shape index (κ2) is 7.40. The average Bonchev–Trinajstić information content (AvgIpc) is 2.88. The van der Waals surface area contributed by atoms with E-state index in [2.05, 4.69) is 15.4 Å². The number of ether oxygens (including phenoxy) is 2. The first kappa shape index (κ1) is 15.8. The molecule has 0 aliphatic rings. The summed E-state index contributed by atoms with van der Waals surface area (Å²) in [6.07, 6.45) is 3.33. The van der Waals surface area contributed by atoms with E-state index in [0.29, 0.717) is 24.1 Å². The molecule has 7 heteroatoms. The Morgan fingerprint density at radius 1 is 1.43 bits per heavy atom. The Balaban J connectivity index is 2.44. The number of hydrogen-bond donors (Lipinski definition) is 1. The molecule has 114 valence electrons. The Bertz CT molecular complexity index is 588. The summed E-state index contributed by atoms with van der Waals surface area (Å²) >= 11 is 6.32. The smallest absolute Gasteiger partial charge is 0.218 e. The first-order chi connectivity index (χ1) is 10.2. The highest BCUT2D eigenvalue weighted by Crippen LogP contribution is 2.32. The molecule has 2 aromatic heterocycles. The molecule has 1 atom stereocenters. The number of hydrogen-bond acceptors (Lipinski definition) is 5. The van der Waals surface area contributed by atoms with Crippen molar-refractivity contribution in [3.8, 4) is 5.88 Å². The molecule has 0 bridgehead atoms. The number of aromatic nitrogens is 3. The summed E-state index contributed by atoms with van der Waals surface area (Å²) in [5.74, 6) is 0.562. The molecule has 1 unspecified atom stereocenters. The number of halogens is 1. The van der Waals surface area contributed by atoms with Gasteiger partial charge in [-0.1, -0.05) is 17.7 Å². The van der Waals surface area contributed by atoms with Crippen molar-refractivity contribution in [3.05, 3.63) is 40.8 Å². The zero-order chi connectivity index (χ0) is 15.2. The first-order valence-electron chi connectivity index (χ1n) is 6.59. The van der Waals surface area contributed by atoms with Gasteiger partial charge in [-0.3, -0.25) is 4.68 Å². The molecule has 0 aromatic carbocycles. The molecule has 0 fully saturated rings. The van der Waals surface area contributed by atoms with Crippen molar-refractivity contribution < 1.29 is 9.47 Å². The van der Waals surface area contributed by atoms with Crippen LogP contribution >= 0.6 is 11.6 Å². The van der Waals surface area contributed by atoms with Gasteiger partial charge in [-0.25, -0.2) is 4.98 Å². The number of methoxy groups -OCH3 is 2. The summed E-state index contributed by atoms with van der Waals surface area (Å²) in [4.78, 5) is 4.24. The van der Waals surface area contributed by atoms with E-state index in [1.54, 1.807) is 26.6 Å². The highest BCUT2D eigenvalue weighted by Gasteiger charge is 2.24. The van der Waals surface area contributed by atoms with E-state index in [1.165, 1.54) is 0 Å². The minimum absolute atomic E-state index is 0.166. The van der Waals surface area contributed by atoms with Gasteiger partial charge in [-0.05, 0) is 13.1 Å². The van der Waals surface area contributed by atoms with Crippen LogP contribution in [-0.4, -0.2) is 42.6 Å². The van der Waals surface area contributed by atoms with Crippen LogP contribution in [0.4, 0.5) is 0 Å². The number of nitrogens with one attached hydrogen (secondary N) is 1. The van der Waals surface area contributed by atoms with E-state index in [1.807, 2.05) is 23.9 Å². The Labute approximate surface area is 129 Å². The second-order valence-corrected chi connectivity index (χ2v) is 4.82. The van der Waals surface area contributed by atoms with Crippen LogP contribution in [0.15, 0.2) is 24.5 Å². The van der Waals surface area contributed by atoms with Crippen molar-refractivity contribution >= 4 is 11.6 Å². The topological polar surface area (TPSA) is 61.2 Å². The molecule has 0 radical (unpaired) electrons. The molecule has 6 nitrogen and oxygen atoms in total. The maximum atomic E-state index is 6.32. The summed E-state index contributed by atoms with van der Waals surface area (Å²) in [6.45, 7) is 1.19. The lowest BCUT2D eigenvalue weighted by Gasteiger charge is -2.20. The normalized spacial score (nSPS) is 12.4. The van der Waals surface area contributed by atoms with Gasteiger partial charge in [0.1, 0.15) is 0 Å². The quantitative estimate of drug-likeness (QED) is 0.846. The molecule has 2 rings (SSSR count). The molecule has 21 heavy (non-hydrogen) atoms. The molecule has 0 aliphatic carbocycles. The number of rotatable bonds is 7. The molecule has 2 heterocycles. The lowest BCUT2D eigenvalue weighted by atomic mass is 10.1. The maximum absolute atomic E-state index is 6.32. The fraction of sp³-hybridized carbons (Fsp3) is 0.429. The first-order valence-corrected chi connectivity index (χ1v) is 6.97. The minimum atomic E-state index is -0.166. The third-order valence-electron chi connectivity index (χ3n) is 3.21. The van der Waals surface area contributed by atoms with Gasteiger partial charge < -0.3 is 14.8 Å². The van der Waals surface area contributed by atoms with E-state index in [0.717, 1.165) is 11.3 Å². The van der Waals surface area contributed by atoms with Gasteiger partial charge in [0, 0.05) is 18.9 Å². The third kappa shape index (κ3) is 3.34. The van der Waals surface area contributed by atoms with Crippen LogP contribution in [0.25, 0.3) is 0 Å². The Morgan fingerprint density at radius 3 is 2.90 bits per heavy atom. The highest BCUT2D eigenvalue weighted by molar-refractivity contribution is 6.31. The molecule has 0 saturated carbocycles. The van der Waals surface area contributed by atoms with Crippen LogP contribution < -0.4 is 10.1 Å². The molecule has 0 amide bonds. The Hall–Kier alpha value is -1.63. The van der Waals surface area contributed by atoms with E-state index in [9.17, 15) is 0 Å². The van der Waals surface area contributed by atoms with Gasteiger partial charge in [-0.2, -0.15) is 5.10 Å². The van der Waals surface area contributed by atoms with Crippen molar-refractivity contribution in [3.63, 3.8) is 0 Å². The van der Waals surface area contributed by atoms with Gasteiger partial charge in [0.2, 0.25) is 5.88 Å². The molecule has 0 spiro atoms. The summed E-state index contributed by atoms with van der Waals surface area (Å²) in [6, 6.07) is 3.66. The van der Waals surface area contributed by atoms with Crippen LogP contribution in [-0.2, 0) is 11.3 Å². The zero-order valence-corrected chi connectivity index (χ0v) is 13.1. The van der Waals surface area contributed by atoms with Crippen LogP contribution in [0.2, 0.25) is 5.02 Å². The van der Waals surface area contributed by atoms with Crippen LogP contribution in [0.5, 0.6) is 5.88 Å². The highest BCUT2D eigenvalue weighted by atomic mass is 35.5. The SMILES string of the molecule is CNC(c1cccnc1OC)c1c(Cl)cnn1CCOC. The van der Waals surface area contributed by atoms with E-state index in [4.69, 9.17) is 21.1 Å².